The van der Waals surface area contributed by atoms with E-state index in [4.69, 9.17) is 51.1 Å². The van der Waals surface area contributed by atoms with Crippen LogP contribution in [0.5, 0.6) is 5.75 Å². The van der Waals surface area contributed by atoms with Gasteiger partial charge in [0, 0.05) is 10.0 Å². The van der Waals surface area contributed by atoms with Gasteiger partial charge in [0.25, 0.3) is 5.91 Å². The van der Waals surface area contributed by atoms with E-state index in [9.17, 15) is 14.9 Å². The Morgan fingerprint density at radius 2 is 1.69 bits per heavy atom. The summed E-state index contributed by atoms with van der Waals surface area (Å²) < 4.78 is 5.30. The molecule has 0 unspecified atom stereocenters. The zero-order valence-corrected chi connectivity index (χ0v) is 18.8. The summed E-state index contributed by atoms with van der Waals surface area (Å²) in [5.41, 5.74) is 4.39. The molecule has 1 aromatic heterocycles. The molecule has 0 aliphatic carbocycles. The van der Waals surface area contributed by atoms with Crippen LogP contribution in [0.2, 0.25) is 20.1 Å². The van der Waals surface area contributed by atoms with Crippen molar-refractivity contribution in [1.82, 2.24) is 15.4 Å². The van der Waals surface area contributed by atoms with Crippen molar-refractivity contribution in [3.63, 3.8) is 0 Å². The average Bonchev–Trinajstić information content (AvgIpc) is 2.74. The van der Waals surface area contributed by atoms with Gasteiger partial charge in [-0.15, -0.1) is 0 Å². The molecule has 3 rings (SSSR count). The number of nitro groups is 1. The van der Waals surface area contributed by atoms with Crippen LogP contribution < -0.4 is 20.9 Å². The molecule has 2 aromatic carbocycles. The molecule has 166 valence electrons. The van der Waals surface area contributed by atoms with Crippen LogP contribution in [0.4, 0.5) is 23.0 Å². The lowest BCUT2D eigenvalue weighted by Gasteiger charge is -2.12. The number of ether oxygens (including phenoxy) is 1. The molecule has 3 N–H and O–H groups in total. The van der Waals surface area contributed by atoms with Crippen molar-refractivity contribution in [3.8, 4) is 5.75 Å². The number of aromatic nitrogens is 2. The highest BCUT2D eigenvalue weighted by atomic mass is 35.5. The number of benzene rings is 2. The maximum Gasteiger partial charge on any atom is 0.355 e. The molecule has 1 amide bonds. The number of carbonyl (C=O) groups excluding carboxylic acids is 1. The number of nitrogens with zero attached hydrogens (tertiary/aromatic N) is 3. The third-order valence-electron chi connectivity index (χ3n) is 3.76. The minimum absolute atomic E-state index is 0.171. The molecule has 0 aliphatic heterocycles. The Morgan fingerprint density at radius 3 is 2.41 bits per heavy atom. The van der Waals surface area contributed by atoms with Crippen molar-refractivity contribution in [2.75, 3.05) is 17.3 Å². The highest BCUT2D eigenvalue weighted by Gasteiger charge is 2.24. The minimum Gasteiger partial charge on any atom is -0.482 e. The van der Waals surface area contributed by atoms with Gasteiger partial charge in [0.05, 0.1) is 20.7 Å². The summed E-state index contributed by atoms with van der Waals surface area (Å²) in [6, 6.07) is 9.06. The molecule has 32 heavy (non-hydrogen) atoms. The van der Waals surface area contributed by atoms with E-state index >= 15 is 0 Å². The van der Waals surface area contributed by atoms with Crippen LogP contribution >= 0.6 is 46.4 Å². The van der Waals surface area contributed by atoms with Gasteiger partial charge in [0.2, 0.25) is 11.6 Å². The van der Waals surface area contributed by atoms with E-state index in [0.29, 0.717) is 15.7 Å². The Balaban J connectivity index is 1.71. The molecule has 10 nitrogen and oxygen atoms in total. The van der Waals surface area contributed by atoms with Crippen molar-refractivity contribution in [2.45, 2.75) is 0 Å². The lowest BCUT2D eigenvalue weighted by molar-refractivity contribution is -0.383. The molecule has 0 spiro atoms. The SMILES string of the molecule is O=C(COc1ccc(Cl)cc1Cl)NNc1ncnc(Nc2cc(Cl)ccc2Cl)c1[N+](=O)[O-]. The summed E-state index contributed by atoms with van der Waals surface area (Å²) >= 11 is 23.8. The number of nitrogens with one attached hydrogen (secondary N) is 3. The Labute approximate surface area is 200 Å². The lowest BCUT2D eigenvalue weighted by atomic mass is 10.3. The van der Waals surface area contributed by atoms with Gasteiger partial charge in [-0.3, -0.25) is 25.8 Å². The van der Waals surface area contributed by atoms with E-state index in [1.807, 2.05) is 0 Å². The summed E-state index contributed by atoms with van der Waals surface area (Å²) in [5.74, 6) is -0.862. The molecule has 3 aromatic rings. The summed E-state index contributed by atoms with van der Waals surface area (Å²) in [6.45, 7) is -0.434. The third kappa shape index (κ3) is 6.01. The molecular formula is C18H12Cl4N6O4. The first-order valence-corrected chi connectivity index (χ1v) is 10.1. The fourth-order valence-corrected chi connectivity index (χ4v) is 3.16. The third-order valence-corrected chi connectivity index (χ3v) is 4.85. The zero-order chi connectivity index (χ0) is 23.3. The minimum atomic E-state index is -0.723. The first-order chi connectivity index (χ1) is 15.2. The molecule has 1 heterocycles. The maximum atomic E-state index is 12.1. The Bertz CT molecular complexity index is 1180. The topological polar surface area (TPSA) is 131 Å². The molecular weight excluding hydrogens is 506 g/mol. The number of hydrogen-bond acceptors (Lipinski definition) is 8. The van der Waals surface area contributed by atoms with E-state index in [2.05, 4.69) is 26.1 Å². The first kappa shape index (κ1) is 23.6. The molecule has 0 fully saturated rings. The molecule has 0 radical (unpaired) electrons. The number of halogens is 4. The number of carbonyl (C=O) groups is 1. The van der Waals surface area contributed by atoms with Crippen molar-refractivity contribution >= 4 is 75.3 Å². The van der Waals surface area contributed by atoms with Crippen molar-refractivity contribution in [2.24, 2.45) is 0 Å². The number of rotatable bonds is 8. The summed E-state index contributed by atoms with van der Waals surface area (Å²) in [5, 5.41) is 15.6. The second-order valence-electron chi connectivity index (χ2n) is 5.96. The average molecular weight is 518 g/mol. The number of anilines is 3. The highest BCUT2D eigenvalue weighted by molar-refractivity contribution is 6.36. The molecule has 0 bridgehead atoms. The van der Waals surface area contributed by atoms with Crippen molar-refractivity contribution in [3.05, 3.63) is 72.9 Å². The monoisotopic (exact) mass is 516 g/mol. The molecule has 0 atom stereocenters. The van der Waals surface area contributed by atoms with Gasteiger partial charge in [0.15, 0.2) is 6.61 Å². The Hall–Kier alpha value is -3.05. The fraction of sp³-hybridized carbons (Fsp3) is 0.0556. The van der Waals surface area contributed by atoms with Gasteiger partial charge >= 0.3 is 5.69 Å². The number of hydrazine groups is 1. The second kappa shape index (κ2) is 10.5. The van der Waals surface area contributed by atoms with Crippen LogP contribution in [0.3, 0.4) is 0 Å². The van der Waals surface area contributed by atoms with Crippen LogP contribution in [0.1, 0.15) is 0 Å². The Morgan fingerprint density at radius 1 is 1.00 bits per heavy atom. The normalized spacial score (nSPS) is 10.4. The predicted molar refractivity (Wildman–Crippen MR) is 122 cm³/mol. The summed E-state index contributed by atoms with van der Waals surface area (Å²) in [6.07, 6.45) is 1.06. The van der Waals surface area contributed by atoms with Gasteiger partial charge in [-0.25, -0.2) is 9.97 Å². The molecule has 14 heteroatoms. The van der Waals surface area contributed by atoms with Crippen LogP contribution in [-0.4, -0.2) is 27.4 Å². The fourth-order valence-electron chi connectivity index (χ4n) is 2.36. The highest BCUT2D eigenvalue weighted by Crippen LogP contribution is 2.34. The van der Waals surface area contributed by atoms with E-state index in [1.54, 1.807) is 12.1 Å². The summed E-state index contributed by atoms with van der Waals surface area (Å²) in [4.78, 5) is 30.7. The van der Waals surface area contributed by atoms with Crippen LogP contribution in [0.25, 0.3) is 0 Å². The van der Waals surface area contributed by atoms with Gasteiger partial charge in [-0.05, 0) is 36.4 Å². The van der Waals surface area contributed by atoms with Crippen molar-refractivity contribution in [1.29, 1.82) is 0 Å². The van der Waals surface area contributed by atoms with Gasteiger partial charge in [-0.1, -0.05) is 46.4 Å². The van der Waals surface area contributed by atoms with Gasteiger partial charge < -0.3 is 10.1 Å². The molecule has 0 saturated carbocycles. The smallest absolute Gasteiger partial charge is 0.355 e. The number of hydrogen-bond donors (Lipinski definition) is 3. The zero-order valence-electron chi connectivity index (χ0n) is 15.7. The van der Waals surface area contributed by atoms with E-state index in [1.165, 1.54) is 24.3 Å². The van der Waals surface area contributed by atoms with Crippen molar-refractivity contribution < 1.29 is 14.5 Å². The maximum absolute atomic E-state index is 12.1. The first-order valence-electron chi connectivity index (χ1n) is 8.58. The van der Waals surface area contributed by atoms with E-state index in [-0.39, 0.29) is 27.4 Å². The van der Waals surface area contributed by atoms with Crippen LogP contribution in [-0.2, 0) is 4.79 Å². The van der Waals surface area contributed by atoms with Crippen LogP contribution in [0.15, 0.2) is 42.7 Å². The largest absolute Gasteiger partial charge is 0.482 e. The molecule has 0 aliphatic rings. The number of amides is 1. The lowest BCUT2D eigenvalue weighted by Crippen LogP contribution is -2.34. The van der Waals surface area contributed by atoms with Gasteiger partial charge in [0.1, 0.15) is 12.1 Å². The quantitative estimate of drug-likeness (QED) is 0.272. The van der Waals surface area contributed by atoms with Gasteiger partial charge in [-0.2, -0.15) is 0 Å². The summed E-state index contributed by atoms with van der Waals surface area (Å²) in [7, 11) is 0. The predicted octanol–water partition coefficient (Wildman–Crippen LogP) is 5.26. The Kier molecular flexibility index (Phi) is 7.75. The standard InChI is InChI=1S/C18H12Cl4N6O4/c19-9-2-4-14(12(22)5-9)32-7-15(29)26-27-18-16(28(30)31)17(23-8-24-18)25-13-6-10(20)1-3-11(13)21/h1-6,8H,7H2,(H,26,29)(H2,23,24,25,27). The van der Waals surface area contributed by atoms with E-state index in [0.717, 1.165) is 6.33 Å². The van der Waals surface area contributed by atoms with E-state index < -0.39 is 23.1 Å². The second-order valence-corrected chi connectivity index (χ2v) is 7.65. The van der Waals surface area contributed by atoms with Crippen LogP contribution in [0, 0.1) is 10.1 Å². The molecule has 0 saturated heterocycles.